The van der Waals surface area contributed by atoms with Crippen LogP contribution in [0.5, 0.6) is 0 Å². The van der Waals surface area contributed by atoms with Crippen LogP contribution in [0.4, 0.5) is 0 Å². The highest BCUT2D eigenvalue weighted by molar-refractivity contribution is 7.09. The first-order valence-electron chi connectivity index (χ1n) is 6.63. The zero-order valence-electron chi connectivity index (χ0n) is 11.9. The maximum absolute atomic E-state index is 5.49. The van der Waals surface area contributed by atoms with E-state index in [2.05, 4.69) is 25.4 Å². The van der Waals surface area contributed by atoms with Crippen LogP contribution in [-0.2, 0) is 11.3 Å². The molecule has 2 aromatic heterocycles. The normalized spacial score (nSPS) is 23.6. The third-order valence-corrected chi connectivity index (χ3v) is 4.48. The van der Waals surface area contributed by atoms with E-state index < -0.39 is 0 Å². The molecule has 0 aliphatic carbocycles. The largest absolute Gasteiger partial charge is 0.380 e. The predicted octanol–water partition coefficient (Wildman–Crippen LogP) is 2.10. The van der Waals surface area contributed by atoms with Crippen molar-refractivity contribution in [2.45, 2.75) is 39.0 Å². The number of ether oxygens (including phenoxy) is 1. The van der Waals surface area contributed by atoms with Gasteiger partial charge in [-0.15, -0.1) is 11.3 Å². The number of nitrogens with zero attached hydrogens (tertiary/aromatic N) is 4. The summed E-state index contributed by atoms with van der Waals surface area (Å²) in [6.45, 7) is 5.51. The van der Waals surface area contributed by atoms with E-state index in [9.17, 15) is 0 Å². The molecule has 0 N–H and O–H groups in total. The Labute approximate surface area is 121 Å². The second-order valence-corrected chi connectivity index (χ2v) is 6.04. The number of aryl methyl sites for hydroxylation is 2. The summed E-state index contributed by atoms with van der Waals surface area (Å²) in [5.41, 5.74) is 1.07. The van der Waals surface area contributed by atoms with Crippen molar-refractivity contribution in [3.05, 3.63) is 27.8 Å². The molecule has 3 rings (SSSR count). The molecule has 108 valence electrons. The lowest BCUT2D eigenvalue weighted by Crippen LogP contribution is -2.25. The highest BCUT2D eigenvalue weighted by atomic mass is 32.1. The molecule has 0 spiro atoms. The van der Waals surface area contributed by atoms with E-state index in [0.717, 1.165) is 30.2 Å². The fraction of sp³-hybridized carbons (Fsp3) is 0.615. The van der Waals surface area contributed by atoms with E-state index in [4.69, 9.17) is 9.26 Å². The smallest absolute Gasteiger partial charge is 0.244 e. The van der Waals surface area contributed by atoms with Crippen molar-refractivity contribution < 1.29 is 9.26 Å². The van der Waals surface area contributed by atoms with Crippen molar-refractivity contribution in [1.82, 2.24) is 20.0 Å². The molecule has 0 unspecified atom stereocenters. The van der Waals surface area contributed by atoms with Crippen molar-refractivity contribution in [3.8, 4) is 0 Å². The third-order valence-electron chi connectivity index (χ3n) is 3.53. The molecule has 20 heavy (non-hydrogen) atoms. The summed E-state index contributed by atoms with van der Waals surface area (Å²) in [5, 5.41) is 7.08. The Hall–Kier alpha value is -1.31. The van der Waals surface area contributed by atoms with Crippen molar-refractivity contribution >= 4 is 11.3 Å². The molecular formula is C13H18N4O2S. The summed E-state index contributed by atoms with van der Waals surface area (Å²) < 4.78 is 10.8. The molecule has 0 amide bonds. The highest BCUT2D eigenvalue weighted by Gasteiger charge is 2.37. The summed E-state index contributed by atoms with van der Waals surface area (Å²) in [6, 6.07) is 0.116. The standard InChI is InChI=1S/C13H18N4O2S/c1-8-7-20-12(14-8)6-17-5-10(18-3)4-11(17)13-15-9(2)16-19-13/h7,10-11H,4-6H2,1-3H3/t10-,11+/m0/s1. The van der Waals surface area contributed by atoms with Crippen molar-refractivity contribution in [2.75, 3.05) is 13.7 Å². The van der Waals surface area contributed by atoms with Gasteiger partial charge < -0.3 is 9.26 Å². The Morgan fingerprint density at radius 3 is 2.90 bits per heavy atom. The monoisotopic (exact) mass is 294 g/mol. The number of rotatable bonds is 4. The Bertz CT molecular complexity index is 582. The molecule has 2 atom stereocenters. The van der Waals surface area contributed by atoms with Gasteiger partial charge in [-0.05, 0) is 20.3 Å². The van der Waals surface area contributed by atoms with Gasteiger partial charge in [0.05, 0.1) is 18.7 Å². The van der Waals surface area contributed by atoms with Gasteiger partial charge in [-0.3, -0.25) is 4.90 Å². The molecule has 6 nitrogen and oxygen atoms in total. The summed E-state index contributed by atoms with van der Waals surface area (Å²) in [6.07, 6.45) is 1.08. The first-order chi connectivity index (χ1) is 9.65. The Balaban J connectivity index is 1.79. The number of likely N-dealkylation sites (tertiary alicyclic amines) is 1. The van der Waals surface area contributed by atoms with Gasteiger partial charge in [-0.2, -0.15) is 4.98 Å². The second-order valence-electron chi connectivity index (χ2n) is 5.10. The van der Waals surface area contributed by atoms with E-state index in [1.54, 1.807) is 18.4 Å². The average Bonchev–Trinajstić information content (AvgIpc) is 3.11. The zero-order valence-corrected chi connectivity index (χ0v) is 12.7. The maximum atomic E-state index is 5.49. The van der Waals surface area contributed by atoms with Crippen molar-refractivity contribution in [1.29, 1.82) is 0 Å². The Morgan fingerprint density at radius 1 is 1.45 bits per heavy atom. The predicted molar refractivity (Wildman–Crippen MR) is 74.5 cm³/mol. The van der Waals surface area contributed by atoms with Gasteiger partial charge in [0.1, 0.15) is 5.01 Å². The van der Waals surface area contributed by atoms with Crippen LogP contribution < -0.4 is 0 Å². The van der Waals surface area contributed by atoms with Crippen LogP contribution in [0, 0.1) is 13.8 Å². The van der Waals surface area contributed by atoms with Gasteiger partial charge in [0.25, 0.3) is 0 Å². The SMILES string of the molecule is CO[C@H]1C[C@H](c2nc(C)no2)N(Cc2nc(C)cs2)C1. The molecule has 1 saturated heterocycles. The first-order valence-corrected chi connectivity index (χ1v) is 7.51. The summed E-state index contributed by atoms with van der Waals surface area (Å²) in [4.78, 5) is 11.2. The van der Waals surface area contributed by atoms with Gasteiger partial charge in [0, 0.05) is 24.7 Å². The Morgan fingerprint density at radius 2 is 2.30 bits per heavy atom. The molecule has 7 heteroatoms. The van der Waals surface area contributed by atoms with Crippen LogP contribution in [0.25, 0.3) is 0 Å². The molecule has 0 radical (unpaired) electrons. The molecule has 0 aromatic carbocycles. The highest BCUT2D eigenvalue weighted by Crippen LogP contribution is 2.33. The molecule has 0 bridgehead atoms. The fourth-order valence-corrected chi connectivity index (χ4v) is 3.36. The van der Waals surface area contributed by atoms with E-state index in [1.807, 2.05) is 13.8 Å². The van der Waals surface area contributed by atoms with Gasteiger partial charge >= 0.3 is 0 Å². The van der Waals surface area contributed by atoms with Crippen LogP contribution in [0.2, 0.25) is 0 Å². The first kappa shape index (κ1) is 13.7. The summed E-state index contributed by atoms with van der Waals surface area (Å²) in [5.74, 6) is 1.35. The summed E-state index contributed by atoms with van der Waals surface area (Å²) in [7, 11) is 1.75. The van der Waals surface area contributed by atoms with Crippen LogP contribution in [0.15, 0.2) is 9.90 Å². The van der Waals surface area contributed by atoms with Crippen LogP contribution in [0.3, 0.4) is 0 Å². The fourth-order valence-electron chi connectivity index (χ4n) is 2.56. The van der Waals surface area contributed by atoms with Gasteiger partial charge in [0.15, 0.2) is 5.82 Å². The minimum atomic E-state index is 0.116. The lowest BCUT2D eigenvalue weighted by Gasteiger charge is -2.19. The van der Waals surface area contributed by atoms with E-state index >= 15 is 0 Å². The lowest BCUT2D eigenvalue weighted by atomic mass is 10.2. The molecule has 1 aliphatic rings. The third kappa shape index (κ3) is 2.74. The molecule has 1 aliphatic heterocycles. The van der Waals surface area contributed by atoms with Crippen molar-refractivity contribution in [3.63, 3.8) is 0 Å². The van der Waals surface area contributed by atoms with E-state index in [0.29, 0.717) is 11.7 Å². The topological polar surface area (TPSA) is 64.3 Å². The van der Waals surface area contributed by atoms with Crippen LogP contribution >= 0.6 is 11.3 Å². The second kappa shape index (κ2) is 5.59. The van der Waals surface area contributed by atoms with E-state index in [1.165, 1.54) is 0 Å². The number of hydrogen-bond acceptors (Lipinski definition) is 7. The van der Waals surface area contributed by atoms with Crippen LogP contribution in [0.1, 0.15) is 34.9 Å². The van der Waals surface area contributed by atoms with Crippen LogP contribution in [-0.4, -0.2) is 39.8 Å². The molecule has 1 fully saturated rings. The van der Waals surface area contributed by atoms with Gasteiger partial charge in [-0.1, -0.05) is 5.16 Å². The molecule has 3 heterocycles. The minimum Gasteiger partial charge on any atom is -0.380 e. The summed E-state index contributed by atoms with van der Waals surface area (Å²) >= 11 is 1.69. The average molecular weight is 294 g/mol. The number of hydrogen-bond donors (Lipinski definition) is 0. The Kier molecular flexibility index (Phi) is 3.82. The quantitative estimate of drug-likeness (QED) is 0.860. The minimum absolute atomic E-state index is 0.116. The van der Waals surface area contributed by atoms with E-state index in [-0.39, 0.29) is 12.1 Å². The maximum Gasteiger partial charge on any atom is 0.244 e. The molecule has 0 saturated carbocycles. The number of thiazole rings is 1. The molecule has 2 aromatic rings. The zero-order chi connectivity index (χ0) is 14.1. The lowest BCUT2D eigenvalue weighted by molar-refractivity contribution is 0.107. The van der Waals surface area contributed by atoms with Gasteiger partial charge in [-0.25, -0.2) is 4.98 Å². The van der Waals surface area contributed by atoms with Gasteiger partial charge in [0.2, 0.25) is 5.89 Å². The van der Waals surface area contributed by atoms with Crippen molar-refractivity contribution in [2.24, 2.45) is 0 Å². The molecular weight excluding hydrogens is 276 g/mol. The number of methoxy groups -OCH3 is 1. The number of aromatic nitrogens is 3.